The van der Waals surface area contributed by atoms with E-state index in [9.17, 15) is 0 Å². The number of aryl methyl sites for hydroxylation is 3. The first-order valence-electron chi connectivity index (χ1n) is 5.32. The Bertz CT molecular complexity index is 464. The maximum absolute atomic E-state index is 5.76. The first kappa shape index (κ1) is 11.2. The summed E-state index contributed by atoms with van der Waals surface area (Å²) in [5.74, 6) is 1.32. The molecule has 1 aromatic heterocycles. The van der Waals surface area contributed by atoms with Crippen molar-refractivity contribution in [3.63, 3.8) is 0 Å². The molecular formula is C13H14ClNO. The van der Waals surface area contributed by atoms with Gasteiger partial charge in [-0.3, -0.25) is 0 Å². The highest BCUT2D eigenvalue weighted by Gasteiger charge is 2.06. The van der Waals surface area contributed by atoms with Gasteiger partial charge in [0.15, 0.2) is 6.39 Å². The highest BCUT2D eigenvalue weighted by atomic mass is 35.5. The summed E-state index contributed by atoms with van der Waals surface area (Å²) in [5.41, 5.74) is 3.46. The molecule has 0 fully saturated rings. The van der Waals surface area contributed by atoms with Crippen LogP contribution in [-0.4, -0.2) is 4.98 Å². The highest BCUT2D eigenvalue weighted by molar-refractivity contribution is 6.16. The maximum atomic E-state index is 5.76. The van der Waals surface area contributed by atoms with Crippen molar-refractivity contribution in [1.82, 2.24) is 4.98 Å². The van der Waals surface area contributed by atoms with Crippen molar-refractivity contribution in [2.24, 2.45) is 0 Å². The first-order chi connectivity index (χ1) is 7.79. The third-order valence-electron chi connectivity index (χ3n) is 2.58. The highest BCUT2D eigenvalue weighted by Crippen LogP contribution is 2.13. The lowest BCUT2D eigenvalue weighted by atomic mass is 10.1. The van der Waals surface area contributed by atoms with Crippen molar-refractivity contribution in [1.29, 1.82) is 0 Å². The van der Waals surface area contributed by atoms with Crippen LogP contribution < -0.4 is 0 Å². The van der Waals surface area contributed by atoms with Crippen LogP contribution in [0.5, 0.6) is 0 Å². The zero-order valence-corrected chi connectivity index (χ0v) is 10.00. The van der Waals surface area contributed by atoms with Gasteiger partial charge in [-0.25, -0.2) is 4.98 Å². The number of hydrogen-bond donors (Lipinski definition) is 0. The van der Waals surface area contributed by atoms with Gasteiger partial charge in [0.2, 0.25) is 0 Å². The third-order valence-corrected chi connectivity index (χ3v) is 2.83. The predicted molar refractivity (Wildman–Crippen MR) is 64.6 cm³/mol. The molecule has 1 aromatic carbocycles. The van der Waals surface area contributed by atoms with Gasteiger partial charge in [-0.15, -0.1) is 11.6 Å². The van der Waals surface area contributed by atoms with Crippen molar-refractivity contribution < 1.29 is 4.42 Å². The topological polar surface area (TPSA) is 26.0 Å². The van der Waals surface area contributed by atoms with Crippen molar-refractivity contribution >= 4 is 11.6 Å². The lowest BCUT2D eigenvalue weighted by Gasteiger charge is -2.01. The molecule has 0 aliphatic carbocycles. The molecule has 0 saturated carbocycles. The Morgan fingerprint density at radius 3 is 2.94 bits per heavy atom. The molecule has 16 heavy (non-hydrogen) atoms. The Morgan fingerprint density at radius 2 is 2.19 bits per heavy atom. The molecule has 2 rings (SSSR count). The number of oxazole rings is 1. The minimum absolute atomic E-state index is 0.416. The molecule has 0 atom stereocenters. The number of benzene rings is 1. The first-order valence-corrected chi connectivity index (χ1v) is 5.86. The minimum atomic E-state index is 0.416. The molecule has 0 saturated heterocycles. The lowest BCUT2D eigenvalue weighted by Crippen LogP contribution is -1.93. The number of hydrogen-bond acceptors (Lipinski definition) is 2. The van der Waals surface area contributed by atoms with Gasteiger partial charge in [0.05, 0.1) is 11.6 Å². The number of aromatic nitrogens is 1. The molecule has 0 N–H and O–H groups in total. The number of halogens is 1. The number of alkyl halides is 1. The van der Waals surface area contributed by atoms with E-state index in [1.165, 1.54) is 17.5 Å². The van der Waals surface area contributed by atoms with E-state index >= 15 is 0 Å². The van der Waals surface area contributed by atoms with Gasteiger partial charge in [0.25, 0.3) is 0 Å². The van der Waals surface area contributed by atoms with E-state index in [-0.39, 0.29) is 0 Å². The molecule has 0 spiro atoms. The molecule has 3 heteroatoms. The molecule has 0 radical (unpaired) electrons. The fourth-order valence-corrected chi connectivity index (χ4v) is 1.95. The molecular weight excluding hydrogens is 222 g/mol. The van der Waals surface area contributed by atoms with Crippen LogP contribution in [0.15, 0.2) is 35.1 Å². The maximum Gasteiger partial charge on any atom is 0.181 e. The second kappa shape index (κ2) is 5.17. The predicted octanol–water partition coefficient (Wildman–Crippen LogP) is 3.51. The number of rotatable bonds is 4. The van der Waals surface area contributed by atoms with Crippen LogP contribution >= 0.6 is 11.6 Å². The molecule has 0 amide bonds. The summed E-state index contributed by atoms with van der Waals surface area (Å²) in [6.45, 7) is 2.10. The van der Waals surface area contributed by atoms with Gasteiger partial charge in [-0.2, -0.15) is 0 Å². The Morgan fingerprint density at radius 1 is 1.31 bits per heavy atom. The fraction of sp³-hybridized carbons (Fsp3) is 0.308. The van der Waals surface area contributed by atoms with Crippen LogP contribution in [0.1, 0.15) is 22.6 Å². The summed E-state index contributed by atoms with van der Waals surface area (Å²) >= 11 is 5.76. The van der Waals surface area contributed by atoms with E-state index in [2.05, 4.69) is 36.2 Å². The molecule has 2 nitrogen and oxygen atoms in total. The van der Waals surface area contributed by atoms with Crippen molar-refractivity contribution in [2.45, 2.75) is 25.6 Å². The van der Waals surface area contributed by atoms with E-state index in [1.807, 2.05) is 0 Å². The fourth-order valence-electron chi connectivity index (χ4n) is 1.73. The monoisotopic (exact) mass is 235 g/mol. The zero-order valence-electron chi connectivity index (χ0n) is 9.24. The van der Waals surface area contributed by atoms with Crippen molar-refractivity contribution in [3.05, 3.63) is 53.2 Å². The van der Waals surface area contributed by atoms with Crippen LogP contribution in [0.25, 0.3) is 0 Å². The molecule has 1 heterocycles. The summed E-state index contributed by atoms with van der Waals surface area (Å²) < 4.78 is 5.31. The molecule has 0 aliphatic heterocycles. The summed E-state index contributed by atoms with van der Waals surface area (Å²) in [5, 5.41) is 0. The van der Waals surface area contributed by atoms with Crippen LogP contribution in [-0.2, 0) is 18.7 Å². The van der Waals surface area contributed by atoms with E-state index in [0.29, 0.717) is 5.88 Å². The second-order valence-corrected chi connectivity index (χ2v) is 4.11. The van der Waals surface area contributed by atoms with Crippen LogP contribution in [0.4, 0.5) is 0 Å². The summed E-state index contributed by atoms with van der Waals surface area (Å²) in [6, 6.07) is 8.50. The largest absolute Gasteiger partial charge is 0.448 e. The van der Waals surface area contributed by atoms with Gasteiger partial charge in [0, 0.05) is 6.42 Å². The van der Waals surface area contributed by atoms with Crippen LogP contribution in [0, 0.1) is 6.92 Å². The minimum Gasteiger partial charge on any atom is -0.448 e. The molecule has 0 bridgehead atoms. The molecule has 0 unspecified atom stereocenters. The Hall–Kier alpha value is -1.28. The lowest BCUT2D eigenvalue weighted by molar-refractivity contribution is 0.500. The zero-order chi connectivity index (χ0) is 11.4. The van der Waals surface area contributed by atoms with Crippen molar-refractivity contribution in [3.8, 4) is 0 Å². The van der Waals surface area contributed by atoms with Gasteiger partial charge < -0.3 is 4.42 Å². The summed E-state index contributed by atoms with van der Waals surface area (Å²) in [4.78, 5) is 4.07. The molecule has 84 valence electrons. The van der Waals surface area contributed by atoms with E-state index in [4.69, 9.17) is 16.0 Å². The Balaban J connectivity index is 2.02. The molecule has 2 aromatic rings. The quantitative estimate of drug-likeness (QED) is 0.758. The van der Waals surface area contributed by atoms with E-state index < -0.39 is 0 Å². The second-order valence-electron chi connectivity index (χ2n) is 3.84. The third kappa shape index (κ3) is 2.64. The smallest absolute Gasteiger partial charge is 0.181 e. The molecule has 0 aliphatic rings. The average Bonchev–Trinajstić information content (AvgIpc) is 2.74. The SMILES string of the molecule is Cc1cccc(CCc2ocnc2CCl)c1. The van der Waals surface area contributed by atoms with E-state index in [1.54, 1.807) is 0 Å². The summed E-state index contributed by atoms with van der Waals surface area (Å²) in [6.07, 6.45) is 3.27. The van der Waals surface area contributed by atoms with E-state index in [0.717, 1.165) is 24.3 Å². The number of nitrogens with zero attached hydrogens (tertiary/aromatic N) is 1. The van der Waals surface area contributed by atoms with Crippen molar-refractivity contribution in [2.75, 3.05) is 0 Å². The Kier molecular flexibility index (Phi) is 3.62. The summed E-state index contributed by atoms with van der Waals surface area (Å²) in [7, 11) is 0. The normalized spacial score (nSPS) is 10.6. The van der Waals surface area contributed by atoms with Crippen LogP contribution in [0.2, 0.25) is 0 Å². The van der Waals surface area contributed by atoms with Crippen LogP contribution in [0.3, 0.4) is 0 Å². The van der Waals surface area contributed by atoms with Gasteiger partial charge in [-0.05, 0) is 18.9 Å². The van der Waals surface area contributed by atoms with Gasteiger partial charge >= 0.3 is 0 Å². The standard InChI is InChI=1S/C13H14ClNO/c1-10-3-2-4-11(7-10)5-6-13-12(8-14)15-9-16-13/h2-4,7,9H,5-6,8H2,1H3. The average molecular weight is 236 g/mol. The van der Waals surface area contributed by atoms with Gasteiger partial charge in [-0.1, -0.05) is 29.8 Å². The Labute approximate surface area is 100 Å². The van der Waals surface area contributed by atoms with Gasteiger partial charge in [0.1, 0.15) is 5.76 Å².